The maximum atomic E-state index is 6.12. The van der Waals surface area contributed by atoms with Gasteiger partial charge in [0, 0.05) is 18.0 Å². The molecule has 0 fully saturated rings. The number of hydrogen-bond donors (Lipinski definition) is 1. The second-order valence-corrected chi connectivity index (χ2v) is 6.24. The lowest BCUT2D eigenvalue weighted by Gasteiger charge is -2.33. The standard InChI is InChI=1S/C16H30N2/c1-7-9-10-11-18-12-14(8-2)15(3,4)13-16(5,6)17/h8,10-12H,7,9,13,17H2,1-6H3/b11-10-,14-8+,18-12-. The highest BCUT2D eigenvalue weighted by Crippen LogP contribution is 2.33. The van der Waals surface area contributed by atoms with E-state index >= 15 is 0 Å². The van der Waals surface area contributed by atoms with Crippen LogP contribution < -0.4 is 5.73 Å². The molecule has 0 saturated carbocycles. The van der Waals surface area contributed by atoms with Crippen LogP contribution in [0, 0.1) is 5.41 Å². The lowest BCUT2D eigenvalue weighted by molar-refractivity contribution is 0.315. The molecule has 0 saturated heterocycles. The van der Waals surface area contributed by atoms with E-state index in [1.165, 1.54) is 5.57 Å². The minimum atomic E-state index is -0.163. The van der Waals surface area contributed by atoms with Crippen LogP contribution in [0.15, 0.2) is 28.9 Å². The monoisotopic (exact) mass is 250 g/mol. The predicted molar refractivity (Wildman–Crippen MR) is 83.0 cm³/mol. The van der Waals surface area contributed by atoms with Crippen LogP contribution in [0.4, 0.5) is 0 Å². The molecule has 18 heavy (non-hydrogen) atoms. The summed E-state index contributed by atoms with van der Waals surface area (Å²) in [5.41, 5.74) is 7.25. The fourth-order valence-corrected chi connectivity index (χ4v) is 2.31. The molecule has 0 aromatic heterocycles. The van der Waals surface area contributed by atoms with Gasteiger partial charge in [0.2, 0.25) is 0 Å². The quantitative estimate of drug-likeness (QED) is 0.665. The fourth-order valence-electron chi connectivity index (χ4n) is 2.31. The Balaban J connectivity index is 4.68. The third-order valence-electron chi connectivity index (χ3n) is 2.85. The van der Waals surface area contributed by atoms with Crippen molar-refractivity contribution in [1.82, 2.24) is 0 Å². The zero-order chi connectivity index (χ0) is 14.2. The van der Waals surface area contributed by atoms with Gasteiger partial charge in [-0.1, -0.05) is 39.3 Å². The fraction of sp³-hybridized carbons (Fsp3) is 0.688. The summed E-state index contributed by atoms with van der Waals surface area (Å²) in [7, 11) is 0. The van der Waals surface area contributed by atoms with E-state index in [9.17, 15) is 0 Å². The minimum absolute atomic E-state index is 0.0507. The average Bonchev–Trinajstić information content (AvgIpc) is 2.19. The first-order valence-corrected chi connectivity index (χ1v) is 6.87. The molecule has 0 aliphatic heterocycles. The number of rotatable bonds is 7. The third kappa shape index (κ3) is 7.44. The highest BCUT2D eigenvalue weighted by Gasteiger charge is 2.28. The Labute approximate surface area is 113 Å². The lowest BCUT2D eigenvalue weighted by atomic mass is 9.75. The smallest absolute Gasteiger partial charge is 0.0301 e. The van der Waals surface area contributed by atoms with Crippen molar-refractivity contribution in [2.45, 2.75) is 66.3 Å². The molecule has 0 unspecified atom stereocenters. The summed E-state index contributed by atoms with van der Waals surface area (Å²) in [6, 6.07) is 0. The summed E-state index contributed by atoms with van der Waals surface area (Å²) < 4.78 is 0. The maximum Gasteiger partial charge on any atom is 0.0301 e. The molecule has 0 aromatic carbocycles. The SMILES string of the molecule is C\C=C(/C=N\C=C/CCC)C(C)(C)CC(C)(C)N. The van der Waals surface area contributed by atoms with Crippen molar-refractivity contribution in [3.05, 3.63) is 23.9 Å². The summed E-state index contributed by atoms with van der Waals surface area (Å²) in [6.07, 6.45) is 11.3. The van der Waals surface area contributed by atoms with Crippen LogP contribution in [0.3, 0.4) is 0 Å². The van der Waals surface area contributed by atoms with Gasteiger partial charge in [0.1, 0.15) is 0 Å². The van der Waals surface area contributed by atoms with E-state index in [0.717, 1.165) is 19.3 Å². The Kier molecular flexibility index (Phi) is 7.15. The van der Waals surface area contributed by atoms with E-state index in [1.54, 1.807) is 0 Å². The number of allylic oxidation sites excluding steroid dienone is 3. The van der Waals surface area contributed by atoms with Gasteiger partial charge in [-0.3, -0.25) is 4.99 Å². The van der Waals surface area contributed by atoms with Crippen molar-refractivity contribution in [1.29, 1.82) is 0 Å². The Bertz CT molecular complexity index is 314. The van der Waals surface area contributed by atoms with Gasteiger partial charge in [-0.15, -0.1) is 0 Å². The zero-order valence-electron chi connectivity index (χ0n) is 13.0. The molecule has 0 atom stereocenters. The minimum Gasteiger partial charge on any atom is -0.326 e. The van der Waals surface area contributed by atoms with Crippen LogP contribution in [0.2, 0.25) is 0 Å². The number of nitrogens with two attached hydrogens (primary N) is 1. The second-order valence-electron chi connectivity index (χ2n) is 6.24. The molecule has 2 N–H and O–H groups in total. The third-order valence-corrected chi connectivity index (χ3v) is 2.85. The van der Waals surface area contributed by atoms with Gasteiger partial charge in [-0.25, -0.2) is 0 Å². The van der Waals surface area contributed by atoms with Gasteiger partial charge >= 0.3 is 0 Å². The molecule has 2 nitrogen and oxygen atoms in total. The van der Waals surface area contributed by atoms with E-state index in [1.807, 2.05) is 12.4 Å². The zero-order valence-corrected chi connectivity index (χ0v) is 13.0. The largest absolute Gasteiger partial charge is 0.326 e. The molecule has 0 aliphatic carbocycles. The normalized spacial score (nSPS) is 14.9. The predicted octanol–water partition coefficient (Wildman–Crippen LogP) is 4.47. The molecule has 0 bridgehead atoms. The summed E-state index contributed by atoms with van der Waals surface area (Å²) in [5.74, 6) is 0. The summed E-state index contributed by atoms with van der Waals surface area (Å²) in [5, 5.41) is 0. The molecule has 0 spiro atoms. The topological polar surface area (TPSA) is 38.4 Å². The Hall–Kier alpha value is -0.890. The van der Waals surface area contributed by atoms with Gasteiger partial charge in [-0.05, 0) is 44.6 Å². The number of aliphatic imine (C=N–C) groups is 1. The van der Waals surface area contributed by atoms with Crippen LogP contribution in [-0.2, 0) is 0 Å². The molecule has 104 valence electrons. The van der Waals surface area contributed by atoms with Gasteiger partial charge < -0.3 is 5.73 Å². The molecule has 2 heteroatoms. The molecule has 0 aromatic rings. The average molecular weight is 250 g/mol. The number of nitrogens with zero attached hydrogens (tertiary/aromatic N) is 1. The van der Waals surface area contributed by atoms with Crippen LogP contribution >= 0.6 is 0 Å². The number of hydrogen-bond acceptors (Lipinski definition) is 2. The van der Waals surface area contributed by atoms with Crippen molar-refractivity contribution in [3.63, 3.8) is 0 Å². The van der Waals surface area contributed by atoms with Crippen molar-refractivity contribution in [2.75, 3.05) is 0 Å². The van der Waals surface area contributed by atoms with E-state index < -0.39 is 0 Å². The maximum absolute atomic E-state index is 6.12. The van der Waals surface area contributed by atoms with Crippen LogP contribution in [0.25, 0.3) is 0 Å². The summed E-state index contributed by atoms with van der Waals surface area (Å²) in [6.45, 7) is 12.8. The Morgan fingerprint density at radius 3 is 2.28 bits per heavy atom. The van der Waals surface area contributed by atoms with Crippen LogP contribution in [0.5, 0.6) is 0 Å². The van der Waals surface area contributed by atoms with Gasteiger partial charge in [0.15, 0.2) is 0 Å². The molecule has 0 aliphatic rings. The first-order valence-electron chi connectivity index (χ1n) is 6.87. The van der Waals surface area contributed by atoms with E-state index in [0.29, 0.717) is 0 Å². The lowest BCUT2D eigenvalue weighted by Crippen LogP contribution is -2.38. The van der Waals surface area contributed by atoms with Crippen molar-refractivity contribution < 1.29 is 0 Å². The van der Waals surface area contributed by atoms with Gasteiger partial charge in [-0.2, -0.15) is 0 Å². The van der Waals surface area contributed by atoms with Gasteiger partial charge in [0.25, 0.3) is 0 Å². The highest BCUT2D eigenvalue weighted by molar-refractivity contribution is 5.80. The molecule has 0 rings (SSSR count). The summed E-state index contributed by atoms with van der Waals surface area (Å²) in [4.78, 5) is 4.36. The van der Waals surface area contributed by atoms with Gasteiger partial charge in [0.05, 0.1) is 0 Å². The Morgan fingerprint density at radius 2 is 1.83 bits per heavy atom. The summed E-state index contributed by atoms with van der Waals surface area (Å²) >= 11 is 0. The highest BCUT2D eigenvalue weighted by atomic mass is 14.7. The van der Waals surface area contributed by atoms with E-state index in [2.05, 4.69) is 58.7 Å². The van der Waals surface area contributed by atoms with Crippen molar-refractivity contribution in [3.8, 4) is 0 Å². The first-order chi connectivity index (χ1) is 8.23. The van der Waals surface area contributed by atoms with Crippen LogP contribution in [-0.4, -0.2) is 11.8 Å². The van der Waals surface area contributed by atoms with E-state index in [4.69, 9.17) is 5.73 Å². The number of unbranched alkanes of at least 4 members (excludes halogenated alkanes) is 1. The first kappa shape index (κ1) is 17.1. The van der Waals surface area contributed by atoms with Crippen LogP contribution in [0.1, 0.15) is 60.8 Å². The molecule has 0 radical (unpaired) electrons. The molecule has 0 heterocycles. The van der Waals surface area contributed by atoms with Crippen molar-refractivity contribution in [2.24, 2.45) is 16.1 Å². The molecule has 0 amide bonds. The Morgan fingerprint density at radius 1 is 1.22 bits per heavy atom. The second kappa shape index (κ2) is 7.52. The van der Waals surface area contributed by atoms with Crippen molar-refractivity contribution >= 4 is 6.21 Å². The van der Waals surface area contributed by atoms with E-state index in [-0.39, 0.29) is 11.0 Å². The molecular weight excluding hydrogens is 220 g/mol. The molecular formula is C16H30N2.